The Kier molecular flexibility index (Phi) is 3.09. The molecule has 1 aromatic carbocycles. The van der Waals surface area contributed by atoms with E-state index in [1.54, 1.807) is 0 Å². The molecule has 20 heavy (non-hydrogen) atoms. The molecule has 0 aliphatic heterocycles. The van der Waals surface area contributed by atoms with Crippen LogP contribution in [0.3, 0.4) is 0 Å². The van der Waals surface area contributed by atoms with Crippen molar-refractivity contribution in [3.8, 4) is 0 Å². The lowest BCUT2D eigenvalue weighted by atomic mass is 9.74. The Hall–Kier alpha value is -1.42. The summed E-state index contributed by atoms with van der Waals surface area (Å²) in [6.07, 6.45) is 2.87. The molecule has 104 valence electrons. The van der Waals surface area contributed by atoms with E-state index in [4.69, 9.17) is 4.98 Å². The number of carbonyl (C=O) groups is 1. The molecule has 0 amide bonds. The van der Waals surface area contributed by atoms with E-state index in [0.29, 0.717) is 5.56 Å². The fraction of sp³-hybridized carbons (Fsp3) is 0.375. The molecule has 0 bridgehead atoms. The van der Waals surface area contributed by atoms with Gasteiger partial charge in [0.1, 0.15) is 0 Å². The highest BCUT2D eigenvalue weighted by atomic mass is 79.9. The Morgan fingerprint density at radius 3 is 2.85 bits per heavy atom. The van der Waals surface area contributed by atoms with Crippen molar-refractivity contribution in [1.29, 1.82) is 0 Å². The molecule has 1 heterocycles. The maximum Gasteiger partial charge on any atom is 0.336 e. The third-order valence-corrected chi connectivity index (χ3v) is 4.62. The van der Waals surface area contributed by atoms with Gasteiger partial charge in [-0.1, -0.05) is 29.8 Å². The first kappa shape index (κ1) is 13.6. The molecule has 0 saturated carbocycles. The van der Waals surface area contributed by atoms with Crippen molar-refractivity contribution in [2.24, 2.45) is 0 Å². The lowest BCUT2D eigenvalue weighted by molar-refractivity contribution is 0.0697. The highest BCUT2D eigenvalue weighted by Crippen LogP contribution is 2.39. The van der Waals surface area contributed by atoms with E-state index in [-0.39, 0.29) is 5.41 Å². The van der Waals surface area contributed by atoms with Gasteiger partial charge in [-0.25, -0.2) is 4.79 Å². The summed E-state index contributed by atoms with van der Waals surface area (Å²) in [6.45, 7) is 4.29. The van der Waals surface area contributed by atoms with E-state index < -0.39 is 5.97 Å². The van der Waals surface area contributed by atoms with Crippen LogP contribution in [-0.2, 0) is 11.8 Å². The Morgan fingerprint density at radius 2 is 2.15 bits per heavy atom. The molecule has 0 radical (unpaired) electrons. The van der Waals surface area contributed by atoms with E-state index in [0.717, 1.165) is 45.9 Å². The molecular weight excluding hydrogens is 318 g/mol. The van der Waals surface area contributed by atoms with E-state index in [1.807, 2.05) is 18.2 Å². The number of carboxylic acid groups (broad SMARTS) is 1. The summed E-state index contributed by atoms with van der Waals surface area (Å²) in [5, 5.41) is 10.4. The number of halogens is 1. The first-order chi connectivity index (χ1) is 9.40. The fourth-order valence-electron chi connectivity index (χ4n) is 3.15. The number of aromatic nitrogens is 1. The highest BCUT2D eigenvalue weighted by molar-refractivity contribution is 9.10. The largest absolute Gasteiger partial charge is 0.478 e. The van der Waals surface area contributed by atoms with Gasteiger partial charge < -0.3 is 5.11 Å². The minimum Gasteiger partial charge on any atom is -0.478 e. The molecule has 1 aliphatic carbocycles. The number of aromatic carboxylic acids is 1. The first-order valence-electron chi connectivity index (χ1n) is 6.76. The summed E-state index contributed by atoms with van der Waals surface area (Å²) < 4.78 is 0.879. The van der Waals surface area contributed by atoms with Gasteiger partial charge in [0, 0.05) is 15.3 Å². The van der Waals surface area contributed by atoms with Gasteiger partial charge in [0.25, 0.3) is 0 Å². The van der Waals surface area contributed by atoms with Crippen LogP contribution in [0, 0.1) is 0 Å². The van der Waals surface area contributed by atoms with Crippen LogP contribution in [0.2, 0.25) is 0 Å². The van der Waals surface area contributed by atoms with Crippen molar-refractivity contribution in [2.45, 2.75) is 38.5 Å². The summed E-state index contributed by atoms with van der Waals surface area (Å²) in [4.78, 5) is 16.5. The standard InChI is InChI=1S/C16H16BrNO2/c1-16(2)7-3-4-10-13(15(19)20)11-8-9(17)5-6-12(11)18-14(10)16/h5-6,8H,3-4,7H2,1-2H3,(H,19,20). The first-order valence-corrected chi connectivity index (χ1v) is 7.55. The van der Waals surface area contributed by atoms with E-state index in [9.17, 15) is 9.90 Å². The predicted octanol–water partition coefficient (Wildman–Crippen LogP) is 4.31. The lowest BCUT2D eigenvalue weighted by Gasteiger charge is -2.32. The molecule has 4 heteroatoms. The Balaban J connectivity index is 2.45. The predicted molar refractivity (Wildman–Crippen MR) is 82.4 cm³/mol. The van der Waals surface area contributed by atoms with Crippen LogP contribution in [0.5, 0.6) is 0 Å². The number of benzene rings is 1. The van der Waals surface area contributed by atoms with Crippen LogP contribution in [0.25, 0.3) is 10.9 Å². The summed E-state index contributed by atoms with van der Waals surface area (Å²) in [6, 6.07) is 5.65. The number of hydrogen-bond donors (Lipinski definition) is 1. The van der Waals surface area contributed by atoms with Gasteiger partial charge in [0.15, 0.2) is 0 Å². The third kappa shape index (κ3) is 2.03. The second kappa shape index (κ2) is 4.55. The molecule has 0 atom stereocenters. The molecule has 3 rings (SSSR count). The zero-order valence-corrected chi connectivity index (χ0v) is 13.1. The molecule has 1 N–H and O–H groups in total. The minimum atomic E-state index is -0.857. The number of carboxylic acids is 1. The molecule has 2 aromatic rings. The van der Waals surface area contributed by atoms with Crippen LogP contribution in [0.15, 0.2) is 22.7 Å². The number of fused-ring (bicyclic) bond motifs is 2. The van der Waals surface area contributed by atoms with E-state index >= 15 is 0 Å². The monoisotopic (exact) mass is 333 g/mol. The molecule has 1 aliphatic rings. The Labute approximate surface area is 126 Å². The van der Waals surface area contributed by atoms with Gasteiger partial charge >= 0.3 is 5.97 Å². The van der Waals surface area contributed by atoms with Crippen LogP contribution < -0.4 is 0 Å². The topological polar surface area (TPSA) is 50.2 Å². The quantitative estimate of drug-likeness (QED) is 0.845. The van der Waals surface area contributed by atoms with Gasteiger partial charge in [0.2, 0.25) is 0 Å². The number of nitrogens with zero attached hydrogens (tertiary/aromatic N) is 1. The number of rotatable bonds is 1. The van der Waals surface area contributed by atoms with Gasteiger partial charge in [-0.05, 0) is 43.0 Å². The zero-order valence-electron chi connectivity index (χ0n) is 11.5. The molecule has 0 fully saturated rings. The van der Waals surface area contributed by atoms with E-state index in [2.05, 4.69) is 29.8 Å². The molecule has 0 saturated heterocycles. The van der Waals surface area contributed by atoms with Crippen molar-refractivity contribution in [3.05, 3.63) is 39.5 Å². The van der Waals surface area contributed by atoms with Crippen molar-refractivity contribution in [2.75, 3.05) is 0 Å². The van der Waals surface area contributed by atoms with Crippen molar-refractivity contribution in [3.63, 3.8) is 0 Å². The van der Waals surface area contributed by atoms with Gasteiger partial charge in [-0.2, -0.15) is 0 Å². The van der Waals surface area contributed by atoms with E-state index in [1.165, 1.54) is 0 Å². The van der Waals surface area contributed by atoms with Gasteiger partial charge in [-0.15, -0.1) is 0 Å². The second-order valence-electron chi connectivity index (χ2n) is 6.02. The Morgan fingerprint density at radius 1 is 1.40 bits per heavy atom. The van der Waals surface area contributed by atoms with Crippen LogP contribution in [0.1, 0.15) is 48.3 Å². The summed E-state index contributed by atoms with van der Waals surface area (Å²) in [7, 11) is 0. The molecular formula is C16H16BrNO2. The molecule has 3 nitrogen and oxygen atoms in total. The van der Waals surface area contributed by atoms with Crippen LogP contribution in [0.4, 0.5) is 0 Å². The molecule has 1 aromatic heterocycles. The second-order valence-corrected chi connectivity index (χ2v) is 6.93. The van der Waals surface area contributed by atoms with Crippen molar-refractivity contribution >= 4 is 32.8 Å². The zero-order chi connectivity index (χ0) is 14.5. The van der Waals surface area contributed by atoms with Crippen molar-refractivity contribution in [1.82, 2.24) is 4.98 Å². The van der Waals surface area contributed by atoms with Crippen molar-refractivity contribution < 1.29 is 9.90 Å². The molecule has 0 unspecified atom stereocenters. The molecule has 0 spiro atoms. The lowest BCUT2D eigenvalue weighted by Crippen LogP contribution is -2.27. The van der Waals surface area contributed by atoms with Crippen LogP contribution in [-0.4, -0.2) is 16.1 Å². The highest BCUT2D eigenvalue weighted by Gasteiger charge is 2.33. The fourth-order valence-corrected chi connectivity index (χ4v) is 3.51. The summed E-state index contributed by atoms with van der Waals surface area (Å²) >= 11 is 3.41. The average Bonchev–Trinajstić information content (AvgIpc) is 2.36. The Bertz CT molecular complexity index is 722. The SMILES string of the molecule is CC1(C)CCCc2c1nc1ccc(Br)cc1c2C(=O)O. The third-order valence-electron chi connectivity index (χ3n) is 4.13. The number of pyridine rings is 1. The van der Waals surface area contributed by atoms with Gasteiger partial charge in [-0.3, -0.25) is 4.98 Å². The van der Waals surface area contributed by atoms with Gasteiger partial charge in [0.05, 0.1) is 16.8 Å². The minimum absolute atomic E-state index is 0.0565. The summed E-state index contributed by atoms with van der Waals surface area (Å²) in [5.41, 5.74) is 3.01. The van der Waals surface area contributed by atoms with Crippen LogP contribution >= 0.6 is 15.9 Å². The average molecular weight is 334 g/mol. The maximum absolute atomic E-state index is 11.8. The smallest absolute Gasteiger partial charge is 0.336 e. The number of hydrogen-bond acceptors (Lipinski definition) is 2. The normalized spacial score (nSPS) is 16.9. The summed E-state index contributed by atoms with van der Waals surface area (Å²) in [5.74, 6) is -0.857. The maximum atomic E-state index is 11.8.